The Labute approximate surface area is 74.1 Å². The van der Waals surface area contributed by atoms with E-state index < -0.39 is 5.60 Å². The lowest BCUT2D eigenvalue weighted by atomic mass is 9.90. The van der Waals surface area contributed by atoms with Crippen LogP contribution >= 0.6 is 0 Å². The maximum atomic E-state index is 11.7. The Kier molecular flexibility index (Phi) is 2.25. The van der Waals surface area contributed by atoms with E-state index in [1.165, 1.54) is 0 Å². The summed E-state index contributed by atoms with van der Waals surface area (Å²) in [6.45, 7) is 7.40. The van der Waals surface area contributed by atoms with Crippen LogP contribution in [0.1, 0.15) is 30.5 Å². The van der Waals surface area contributed by atoms with E-state index in [0.717, 1.165) is 16.7 Å². The van der Waals surface area contributed by atoms with E-state index in [4.69, 9.17) is 0 Å². The molecular formula is C11H15O. The van der Waals surface area contributed by atoms with E-state index in [0.29, 0.717) is 0 Å². The van der Waals surface area contributed by atoms with Crippen molar-refractivity contribution in [3.05, 3.63) is 34.9 Å². The summed E-state index contributed by atoms with van der Waals surface area (Å²) in [6, 6.07) is 5.96. The molecule has 0 heterocycles. The molecule has 0 unspecified atom stereocenters. The van der Waals surface area contributed by atoms with E-state index in [1.54, 1.807) is 13.8 Å². The van der Waals surface area contributed by atoms with Gasteiger partial charge in [0.15, 0.2) is 0 Å². The summed E-state index contributed by atoms with van der Waals surface area (Å²) in [5.41, 5.74) is 2.14. The van der Waals surface area contributed by atoms with Crippen molar-refractivity contribution in [2.75, 3.05) is 0 Å². The van der Waals surface area contributed by atoms with Gasteiger partial charge in [-0.25, -0.2) is 5.11 Å². The SMILES string of the molecule is Cc1cccc(C)c1C(C)(C)[O]. The molecule has 1 aromatic carbocycles. The smallest absolute Gasteiger partial charge is 0.123 e. The van der Waals surface area contributed by atoms with Gasteiger partial charge in [-0.2, -0.15) is 0 Å². The first kappa shape index (κ1) is 9.27. The molecule has 0 aliphatic carbocycles. The largest absolute Gasteiger partial charge is 0.225 e. The first-order valence-corrected chi connectivity index (χ1v) is 4.20. The molecule has 0 amide bonds. The average molecular weight is 163 g/mol. The molecule has 0 spiro atoms. The number of rotatable bonds is 1. The number of hydrogen-bond acceptors (Lipinski definition) is 0. The van der Waals surface area contributed by atoms with E-state index in [1.807, 2.05) is 32.0 Å². The highest BCUT2D eigenvalue weighted by atomic mass is 16.3. The summed E-state index contributed by atoms with van der Waals surface area (Å²) in [4.78, 5) is 0. The van der Waals surface area contributed by atoms with Crippen LogP contribution in [0.15, 0.2) is 18.2 Å². The maximum absolute atomic E-state index is 11.7. The van der Waals surface area contributed by atoms with Crippen molar-refractivity contribution < 1.29 is 5.11 Å². The third kappa shape index (κ3) is 1.67. The standard InChI is InChI=1S/C11H15O/c1-8-6-5-7-9(2)10(8)11(3,4)12/h5-7H,1-4H3. The molecule has 0 aliphatic rings. The summed E-state index contributed by atoms with van der Waals surface area (Å²) in [5.74, 6) is 0. The zero-order valence-corrected chi connectivity index (χ0v) is 8.14. The molecule has 1 rings (SSSR count). The molecular weight excluding hydrogens is 148 g/mol. The summed E-state index contributed by atoms with van der Waals surface area (Å²) in [7, 11) is 0. The lowest BCUT2D eigenvalue weighted by Gasteiger charge is -2.20. The lowest BCUT2D eigenvalue weighted by Crippen LogP contribution is -2.16. The molecule has 12 heavy (non-hydrogen) atoms. The van der Waals surface area contributed by atoms with Crippen LogP contribution < -0.4 is 0 Å². The number of aryl methyl sites for hydroxylation is 2. The number of hydrogen-bond donors (Lipinski definition) is 0. The first-order chi connectivity index (χ1) is 5.43. The predicted molar refractivity (Wildman–Crippen MR) is 49.6 cm³/mol. The quantitative estimate of drug-likeness (QED) is 0.606. The molecule has 1 heteroatoms. The minimum absolute atomic E-state index is 0.935. The highest BCUT2D eigenvalue weighted by Gasteiger charge is 2.22. The van der Waals surface area contributed by atoms with Crippen molar-refractivity contribution in [2.45, 2.75) is 33.3 Å². The number of benzene rings is 1. The van der Waals surface area contributed by atoms with Crippen LogP contribution in [-0.2, 0) is 10.7 Å². The van der Waals surface area contributed by atoms with Crippen molar-refractivity contribution in [3.63, 3.8) is 0 Å². The van der Waals surface area contributed by atoms with Gasteiger partial charge in [-0.05, 0) is 44.4 Å². The molecule has 1 aromatic rings. The van der Waals surface area contributed by atoms with Crippen LogP contribution in [0, 0.1) is 13.8 Å². The summed E-state index contributed by atoms with van der Waals surface area (Å²) in [6.07, 6.45) is 0. The van der Waals surface area contributed by atoms with Crippen LogP contribution in [-0.4, -0.2) is 0 Å². The van der Waals surface area contributed by atoms with Crippen molar-refractivity contribution in [1.29, 1.82) is 0 Å². The molecule has 0 N–H and O–H groups in total. The summed E-state index contributed by atoms with van der Waals surface area (Å²) in [5, 5.41) is 11.7. The highest BCUT2D eigenvalue weighted by Crippen LogP contribution is 2.26. The fraction of sp³-hybridized carbons (Fsp3) is 0.455. The second-order valence-electron chi connectivity index (χ2n) is 3.78. The minimum atomic E-state index is -0.977. The molecule has 0 bridgehead atoms. The van der Waals surface area contributed by atoms with E-state index >= 15 is 0 Å². The first-order valence-electron chi connectivity index (χ1n) is 4.20. The molecule has 0 saturated heterocycles. The molecule has 0 atom stereocenters. The van der Waals surface area contributed by atoms with E-state index in [2.05, 4.69) is 0 Å². The predicted octanol–water partition coefficient (Wildman–Crippen LogP) is 2.97. The Bertz CT molecular complexity index is 261. The van der Waals surface area contributed by atoms with Gasteiger partial charge >= 0.3 is 0 Å². The Morgan fingerprint density at radius 2 is 1.50 bits per heavy atom. The van der Waals surface area contributed by atoms with Gasteiger partial charge in [-0.1, -0.05) is 18.2 Å². The molecule has 0 fully saturated rings. The molecule has 65 valence electrons. The van der Waals surface area contributed by atoms with Crippen molar-refractivity contribution in [1.82, 2.24) is 0 Å². The Balaban J connectivity index is 3.31. The van der Waals surface area contributed by atoms with Crippen molar-refractivity contribution in [2.24, 2.45) is 0 Å². The van der Waals surface area contributed by atoms with Gasteiger partial charge in [-0.15, -0.1) is 0 Å². The van der Waals surface area contributed by atoms with Gasteiger partial charge < -0.3 is 0 Å². The van der Waals surface area contributed by atoms with Crippen LogP contribution in [0.3, 0.4) is 0 Å². The molecule has 0 saturated carbocycles. The maximum Gasteiger partial charge on any atom is 0.123 e. The molecule has 0 aliphatic heterocycles. The van der Waals surface area contributed by atoms with Crippen molar-refractivity contribution >= 4 is 0 Å². The summed E-state index contributed by atoms with van der Waals surface area (Å²) < 4.78 is 0. The van der Waals surface area contributed by atoms with Gasteiger partial charge in [0.2, 0.25) is 0 Å². The summed E-state index contributed by atoms with van der Waals surface area (Å²) >= 11 is 0. The highest BCUT2D eigenvalue weighted by molar-refractivity contribution is 5.37. The van der Waals surface area contributed by atoms with Crippen LogP contribution in [0.25, 0.3) is 0 Å². The zero-order valence-electron chi connectivity index (χ0n) is 8.14. The Morgan fingerprint density at radius 1 is 1.08 bits per heavy atom. The molecule has 1 radical (unpaired) electrons. The zero-order chi connectivity index (χ0) is 9.35. The van der Waals surface area contributed by atoms with E-state index in [-0.39, 0.29) is 0 Å². The van der Waals surface area contributed by atoms with Gasteiger partial charge in [0.05, 0.1) is 0 Å². The second kappa shape index (κ2) is 2.91. The van der Waals surface area contributed by atoms with Crippen LogP contribution in [0.2, 0.25) is 0 Å². The Hall–Kier alpha value is -0.820. The minimum Gasteiger partial charge on any atom is -0.225 e. The third-order valence-corrected chi connectivity index (χ3v) is 2.08. The normalized spacial score (nSPS) is 11.8. The second-order valence-corrected chi connectivity index (χ2v) is 3.78. The topological polar surface area (TPSA) is 19.9 Å². The van der Waals surface area contributed by atoms with Crippen LogP contribution in [0.4, 0.5) is 0 Å². The van der Waals surface area contributed by atoms with Crippen LogP contribution in [0.5, 0.6) is 0 Å². The van der Waals surface area contributed by atoms with Crippen molar-refractivity contribution in [3.8, 4) is 0 Å². The molecule has 1 nitrogen and oxygen atoms in total. The van der Waals surface area contributed by atoms with E-state index in [9.17, 15) is 5.11 Å². The van der Waals surface area contributed by atoms with Gasteiger partial charge in [-0.3, -0.25) is 0 Å². The fourth-order valence-electron chi connectivity index (χ4n) is 1.76. The van der Waals surface area contributed by atoms with Gasteiger partial charge in [0.1, 0.15) is 5.60 Å². The fourth-order valence-corrected chi connectivity index (χ4v) is 1.76. The molecule has 0 aromatic heterocycles. The van der Waals surface area contributed by atoms with Gasteiger partial charge in [0.25, 0.3) is 0 Å². The monoisotopic (exact) mass is 163 g/mol. The van der Waals surface area contributed by atoms with Gasteiger partial charge in [0, 0.05) is 0 Å². The Morgan fingerprint density at radius 3 is 1.75 bits per heavy atom. The average Bonchev–Trinajstić information content (AvgIpc) is 1.82. The third-order valence-electron chi connectivity index (χ3n) is 2.08. The lowest BCUT2D eigenvalue weighted by molar-refractivity contribution is -0.00113.